The van der Waals surface area contributed by atoms with Crippen LogP contribution >= 0.6 is 0 Å². The lowest BCUT2D eigenvalue weighted by Gasteiger charge is -2.40. The van der Waals surface area contributed by atoms with Crippen molar-refractivity contribution in [1.29, 1.82) is 0 Å². The molecule has 0 bridgehead atoms. The molecule has 2 rings (SSSR count). The van der Waals surface area contributed by atoms with Crippen molar-refractivity contribution in [2.75, 3.05) is 13.1 Å². The van der Waals surface area contributed by atoms with E-state index >= 15 is 0 Å². The van der Waals surface area contributed by atoms with E-state index < -0.39 is 5.97 Å². The Morgan fingerprint density at radius 2 is 1.85 bits per heavy atom. The second-order valence-electron chi connectivity index (χ2n) is 5.88. The van der Waals surface area contributed by atoms with Crippen LogP contribution in [0.4, 0.5) is 0 Å². The number of rotatable bonds is 3. The molecule has 4 nitrogen and oxygen atoms in total. The highest BCUT2D eigenvalue weighted by Gasteiger charge is 2.31. The number of likely N-dealkylation sites (tertiary alicyclic amines) is 1. The van der Waals surface area contributed by atoms with Crippen LogP contribution in [0.3, 0.4) is 0 Å². The molecule has 1 aromatic rings. The molecule has 1 fully saturated rings. The van der Waals surface area contributed by atoms with Crippen LogP contribution in [-0.2, 0) is 0 Å². The summed E-state index contributed by atoms with van der Waals surface area (Å²) in [6.07, 6.45) is 3.25. The highest BCUT2D eigenvalue weighted by molar-refractivity contribution is 5.96. The van der Waals surface area contributed by atoms with Gasteiger partial charge in [-0.3, -0.25) is 4.79 Å². The smallest absolute Gasteiger partial charge is 0.335 e. The number of amides is 1. The third-order valence-electron chi connectivity index (χ3n) is 4.30. The van der Waals surface area contributed by atoms with Gasteiger partial charge in [0.2, 0.25) is 0 Å². The normalized spacial score (nSPS) is 22.6. The first-order valence-electron chi connectivity index (χ1n) is 7.08. The topological polar surface area (TPSA) is 57.6 Å². The maximum atomic E-state index is 12.5. The molecular formula is C16H21NO3. The molecule has 1 atom stereocenters. The summed E-state index contributed by atoms with van der Waals surface area (Å²) < 4.78 is 0. The van der Waals surface area contributed by atoms with Gasteiger partial charge in [-0.05, 0) is 48.9 Å². The zero-order chi connectivity index (χ0) is 14.8. The van der Waals surface area contributed by atoms with Crippen LogP contribution in [0.5, 0.6) is 0 Å². The van der Waals surface area contributed by atoms with Gasteiger partial charge < -0.3 is 10.0 Å². The summed E-state index contributed by atoms with van der Waals surface area (Å²) in [7, 11) is 0. The van der Waals surface area contributed by atoms with Crippen LogP contribution in [-0.4, -0.2) is 35.0 Å². The van der Waals surface area contributed by atoms with Gasteiger partial charge >= 0.3 is 5.97 Å². The van der Waals surface area contributed by atoms with Crippen molar-refractivity contribution >= 4 is 11.9 Å². The molecule has 1 saturated heterocycles. The van der Waals surface area contributed by atoms with E-state index in [2.05, 4.69) is 13.8 Å². The third kappa shape index (κ3) is 3.00. The van der Waals surface area contributed by atoms with E-state index in [9.17, 15) is 9.59 Å². The lowest BCUT2D eigenvalue weighted by molar-refractivity contribution is 0.0542. The van der Waals surface area contributed by atoms with Crippen LogP contribution in [0.25, 0.3) is 0 Å². The van der Waals surface area contributed by atoms with Crippen LogP contribution in [0.15, 0.2) is 24.3 Å². The Balaban J connectivity index is 2.12. The summed E-state index contributed by atoms with van der Waals surface area (Å²) in [6, 6.07) is 6.17. The standard InChI is InChI=1S/C16H21NO3/c1-3-16(2)9-4-10-17(11-16)14(18)12-5-7-13(8-6-12)15(19)20/h5-8H,3-4,9-11H2,1-2H3,(H,19,20). The Hall–Kier alpha value is -1.84. The molecule has 108 valence electrons. The number of aromatic carboxylic acids is 1. The number of benzene rings is 1. The van der Waals surface area contributed by atoms with E-state index in [1.165, 1.54) is 12.1 Å². The van der Waals surface area contributed by atoms with Gasteiger partial charge in [-0.25, -0.2) is 4.79 Å². The molecule has 20 heavy (non-hydrogen) atoms. The molecule has 0 aliphatic carbocycles. The predicted octanol–water partition coefficient (Wildman–Crippen LogP) is 3.04. The van der Waals surface area contributed by atoms with Gasteiger partial charge in [0.25, 0.3) is 5.91 Å². The van der Waals surface area contributed by atoms with Gasteiger partial charge in [-0.2, -0.15) is 0 Å². The molecule has 0 aromatic heterocycles. The van der Waals surface area contributed by atoms with Crippen molar-refractivity contribution in [2.24, 2.45) is 5.41 Å². The molecule has 1 aromatic carbocycles. The van der Waals surface area contributed by atoms with Gasteiger partial charge in [-0.15, -0.1) is 0 Å². The fourth-order valence-electron chi connectivity index (χ4n) is 2.72. The summed E-state index contributed by atoms with van der Waals surface area (Å²) in [5, 5.41) is 8.87. The average Bonchev–Trinajstić information content (AvgIpc) is 2.46. The average molecular weight is 275 g/mol. The Bertz CT molecular complexity index is 509. The van der Waals surface area contributed by atoms with Gasteiger partial charge in [-0.1, -0.05) is 13.8 Å². The number of hydrogen-bond donors (Lipinski definition) is 1. The summed E-state index contributed by atoms with van der Waals surface area (Å²) >= 11 is 0. The first kappa shape index (κ1) is 14.6. The number of carboxylic acids is 1. The monoisotopic (exact) mass is 275 g/mol. The summed E-state index contributed by atoms with van der Waals surface area (Å²) in [5.74, 6) is -0.971. The number of carbonyl (C=O) groups excluding carboxylic acids is 1. The molecular weight excluding hydrogens is 254 g/mol. The van der Waals surface area contributed by atoms with E-state index in [0.29, 0.717) is 5.56 Å². The zero-order valence-corrected chi connectivity index (χ0v) is 12.1. The Labute approximate surface area is 119 Å². The number of carboxylic acid groups (broad SMARTS) is 1. The number of piperidine rings is 1. The third-order valence-corrected chi connectivity index (χ3v) is 4.30. The molecule has 1 aliphatic rings. The SMILES string of the molecule is CCC1(C)CCCN(C(=O)c2ccc(C(=O)O)cc2)C1. The predicted molar refractivity (Wildman–Crippen MR) is 76.9 cm³/mol. The van der Waals surface area contributed by atoms with Crippen LogP contribution < -0.4 is 0 Å². The van der Waals surface area contributed by atoms with E-state index in [1.54, 1.807) is 12.1 Å². The molecule has 1 amide bonds. The van der Waals surface area contributed by atoms with Crippen molar-refractivity contribution < 1.29 is 14.7 Å². The van der Waals surface area contributed by atoms with E-state index in [0.717, 1.165) is 32.4 Å². The minimum absolute atomic E-state index is 0.00122. The molecule has 0 radical (unpaired) electrons. The van der Waals surface area contributed by atoms with Crippen LogP contribution in [0.2, 0.25) is 0 Å². The summed E-state index contributed by atoms with van der Waals surface area (Å²) in [6.45, 7) is 5.95. The lowest BCUT2D eigenvalue weighted by atomic mass is 9.79. The zero-order valence-electron chi connectivity index (χ0n) is 12.1. The van der Waals surface area contributed by atoms with Gasteiger partial charge in [0.05, 0.1) is 5.56 Å². The largest absolute Gasteiger partial charge is 0.478 e. The molecule has 0 spiro atoms. The molecule has 0 saturated carbocycles. The molecule has 4 heteroatoms. The minimum Gasteiger partial charge on any atom is -0.478 e. The number of carbonyl (C=O) groups is 2. The molecule has 1 N–H and O–H groups in total. The fourth-order valence-corrected chi connectivity index (χ4v) is 2.72. The van der Waals surface area contributed by atoms with E-state index in [1.807, 2.05) is 4.90 Å². The summed E-state index contributed by atoms with van der Waals surface area (Å²) in [5.41, 5.74) is 0.975. The maximum absolute atomic E-state index is 12.5. The van der Waals surface area contributed by atoms with Crippen molar-refractivity contribution in [2.45, 2.75) is 33.1 Å². The Morgan fingerprint density at radius 3 is 2.40 bits per heavy atom. The molecule has 1 heterocycles. The second-order valence-corrected chi connectivity index (χ2v) is 5.88. The highest BCUT2D eigenvalue weighted by atomic mass is 16.4. The van der Waals surface area contributed by atoms with Crippen molar-refractivity contribution in [3.8, 4) is 0 Å². The Kier molecular flexibility index (Phi) is 4.12. The van der Waals surface area contributed by atoms with Crippen LogP contribution in [0.1, 0.15) is 53.8 Å². The maximum Gasteiger partial charge on any atom is 0.335 e. The second kappa shape index (κ2) is 5.65. The number of nitrogens with zero attached hydrogens (tertiary/aromatic N) is 1. The van der Waals surface area contributed by atoms with Crippen molar-refractivity contribution in [3.05, 3.63) is 35.4 Å². The molecule has 1 aliphatic heterocycles. The van der Waals surface area contributed by atoms with Gasteiger partial charge in [0, 0.05) is 18.7 Å². The van der Waals surface area contributed by atoms with Crippen molar-refractivity contribution in [1.82, 2.24) is 4.90 Å². The first-order chi connectivity index (χ1) is 9.45. The first-order valence-corrected chi connectivity index (χ1v) is 7.08. The highest BCUT2D eigenvalue weighted by Crippen LogP contribution is 2.33. The quantitative estimate of drug-likeness (QED) is 0.922. The number of hydrogen-bond acceptors (Lipinski definition) is 2. The summed E-state index contributed by atoms with van der Waals surface area (Å²) in [4.78, 5) is 25.2. The van der Waals surface area contributed by atoms with E-state index in [-0.39, 0.29) is 16.9 Å². The molecule has 1 unspecified atom stereocenters. The van der Waals surface area contributed by atoms with Gasteiger partial charge in [0.1, 0.15) is 0 Å². The lowest BCUT2D eigenvalue weighted by Crippen LogP contribution is -2.44. The minimum atomic E-state index is -0.972. The van der Waals surface area contributed by atoms with Crippen LogP contribution in [0, 0.1) is 5.41 Å². The van der Waals surface area contributed by atoms with E-state index in [4.69, 9.17) is 5.11 Å². The Morgan fingerprint density at radius 1 is 1.25 bits per heavy atom. The van der Waals surface area contributed by atoms with Crippen molar-refractivity contribution in [3.63, 3.8) is 0 Å². The fraction of sp³-hybridized carbons (Fsp3) is 0.500. The van der Waals surface area contributed by atoms with Gasteiger partial charge in [0.15, 0.2) is 0 Å².